The number of hydrogen-bond donors (Lipinski definition) is 0. The topological polar surface area (TPSA) is 54.0 Å². The summed E-state index contributed by atoms with van der Waals surface area (Å²) < 4.78 is 22.4. The van der Waals surface area contributed by atoms with Crippen molar-refractivity contribution in [3.05, 3.63) is 42.0 Å². The second-order valence-corrected chi connectivity index (χ2v) is 13.6. The van der Waals surface area contributed by atoms with Crippen LogP contribution in [0.4, 0.5) is 0 Å². The molecule has 2 atom stereocenters. The van der Waals surface area contributed by atoms with Crippen LogP contribution in [0.25, 0.3) is 0 Å². The zero-order chi connectivity index (χ0) is 22.1. The van der Waals surface area contributed by atoms with Gasteiger partial charge in [-0.15, -0.1) is 0 Å². The zero-order valence-corrected chi connectivity index (χ0v) is 20.3. The average molecular weight is 423 g/mol. The van der Waals surface area contributed by atoms with E-state index in [1.807, 2.05) is 24.3 Å². The Hall–Kier alpha value is -1.63. The summed E-state index contributed by atoms with van der Waals surface area (Å²) in [5.41, 5.74) is 1.05. The summed E-state index contributed by atoms with van der Waals surface area (Å²) >= 11 is 0. The van der Waals surface area contributed by atoms with Crippen LogP contribution in [0, 0.1) is 0 Å². The third-order valence-electron chi connectivity index (χ3n) is 5.43. The molecule has 1 aromatic carbocycles. The molecule has 164 valence electrons. The molecule has 0 aliphatic carbocycles. The number of esters is 1. The number of ether oxygens (including phenoxy) is 3. The summed E-state index contributed by atoms with van der Waals surface area (Å²) in [6.45, 7) is 13.8. The monoisotopic (exact) mass is 422 g/mol. The van der Waals surface area contributed by atoms with Crippen LogP contribution in [0.1, 0.15) is 46.1 Å². The maximum atomic E-state index is 11.5. The molecule has 0 amide bonds. The van der Waals surface area contributed by atoms with Gasteiger partial charge < -0.3 is 18.6 Å². The van der Waals surface area contributed by atoms with Gasteiger partial charge in [0.15, 0.2) is 8.32 Å². The van der Waals surface area contributed by atoms with E-state index in [2.05, 4.69) is 40.8 Å². The van der Waals surface area contributed by atoms with Crippen molar-refractivity contribution in [2.24, 2.45) is 0 Å². The minimum atomic E-state index is -1.81. The molecular formula is C23H38O5Si. The van der Waals surface area contributed by atoms with E-state index in [-0.39, 0.29) is 23.2 Å². The molecule has 5 nitrogen and oxygen atoms in total. The first-order valence-electron chi connectivity index (χ1n) is 10.2. The van der Waals surface area contributed by atoms with Gasteiger partial charge in [0.25, 0.3) is 0 Å². The molecule has 1 aromatic rings. The number of benzene rings is 1. The van der Waals surface area contributed by atoms with Gasteiger partial charge in [0, 0.05) is 12.2 Å². The van der Waals surface area contributed by atoms with Gasteiger partial charge >= 0.3 is 5.97 Å². The highest BCUT2D eigenvalue weighted by atomic mass is 28.4. The quantitative estimate of drug-likeness (QED) is 0.268. The second-order valence-electron chi connectivity index (χ2n) is 8.85. The largest absolute Gasteiger partial charge is 0.497 e. The van der Waals surface area contributed by atoms with Gasteiger partial charge in [0.05, 0.1) is 26.9 Å². The van der Waals surface area contributed by atoms with E-state index in [0.29, 0.717) is 6.61 Å². The maximum Gasteiger partial charge on any atom is 0.330 e. The normalized spacial score (nSPS) is 14.6. The molecular weight excluding hydrogens is 384 g/mol. The van der Waals surface area contributed by atoms with Crippen molar-refractivity contribution < 1.29 is 23.4 Å². The molecule has 0 saturated heterocycles. The molecule has 0 saturated carbocycles. The Labute approximate surface area is 177 Å². The van der Waals surface area contributed by atoms with Crippen LogP contribution in [0.5, 0.6) is 5.75 Å². The fraction of sp³-hybridized carbons (Fsp3) is 0.609. The van der Waals surface area contributed by atoms with Crippen molar-refractivity contribution in [2.75, 3.05) is 14.2 Å². The van der Waals surface area contributed by atoms with E-state index in [0.717, 1.165) is 24.2 Å². The molecule has 6 heteroatoms. The lowest BCUT2D eigenvalue weighted by molar-refractivity contribution is -0.134. The first kappa shape index (κ1) is 25.4. The third kappa shape index (κ3) is 9.15. The molecule has 0 aromatic heterocycles. The fourth-order valence-electron chi connectivity index (χ4n) is 2.55. The minimum absolute atomic E-state index is 0.134. The van der Waals surface area contributed by atoms with E-state index in [1.54, 1.807) is 13.2 Å². The Morgan fingerprint density at radius 3 is 2.24 bits per heavy atom. The Morgan fingerprint density at radius 1 is 1.10 bits per heavy atom. The molecule has 0 aliphatic rings. The van der Waals surface area contributed by atoms with Crippen LogP contribution < -0.4 is 4.74 Å². The van der Waals surface area contributed by atoms with E-state index < -0.39 is 8.32 Å². The van der Waals surface area contributed by atoms with Crippen molar-refractivity contribution in [3.63, 3.8) is 0 Å². The lowest BCUT2D eigenvalue weighted by Gasteiger charge is -2.38. The van der Waals surface area contributed by atoms with Crippen molar-refractivity contribution in [1.29, 1.82) is 0 Å². The van der Waals surface area contributed by atoms with Crippen LogP contribution in [-0.4, -0.2) is 40.7 Å². The van der Waals surface area contributed by atoms with Crippen LogP contribution in [0.15, 0.2) is 36.4 Å². The van der Waals surface area contributed by atoms with Gasteiger partial charge in [0.1, 0.15) is 5.75 Å². The summed E-state index contributed by atoms with van der Waals surface area (Å²) in [5, 5.41) is 0.177. The molecule has 0 unspecified atom stereocenters. The SMILES string of the molecule is COC(=O)/C=C/[C@@H](CC[C@@H](C)O[Si](C)(C)C(C)(C)C)OCc1ccc(OC)cc1. The predicted octanol–water partition coefficient (Wildman–Crippen LogP) is 5.50. The fourth-order valence-corrected chi connectivity index (χ4v) is 4.03. The van der Waals surface area contributed by atoms with Gasteiger partial charge in [0.2, 0.25) is 0 Å². The minimum Gasteiger partial charge on any atom is -0.497 e. The third-order valence-corrected chi connectivity index (χ3v) is 10.0. The van der Waals surface area contributed by atoms with Crippen LogP contribution in [0.2, 0.25) is 18.1 Å². The molecule has 0 heterocycles. The van der Waals surface area contributed by atoms with E-state index in [4.69, 9.17) is 18.6 Å². The maximum absolute atomic E-state index is 11.5. The zero-order valence-electron chi connectivity index (χ0n) is 19.3. The Kier molecular flexibility index (Phi) is 10.1. The Balaban J connectivity index is 2.69. The lowest BCUT2D eigenvalue weighted by atomic mass is 10.1. The van der Waals surface area contributed by atoms with E-state index in [1.165, 1.54) is 13.2 Å². The van der Waals surface area contributed by atoms with Crippen molar-refractivity contribution in [1.82, 2.24) is 0 Å². The number of hydrogen-bond acceptors (Lipinski definition) is 5. The molecule has 0 spiro atoms. The molecule has 0 radical (unpaired) electrons. The highest BCUT2D eigenvalue weighted by molar-refractivity contribution is 6.74. The second kappa shape index (κ2) is 11.5. The van der Waals surface area contributed by atoms with Crippen LogP contribution >= 0.6 is 0 Å². The van der Waals surface area contributed by atoms with Crippen LogP contribution in [0.3, 0.4) is 0 Å². The van der Waals surface area contributed by atoms with Gasteiger partial charge in [-0.1, -0.05) is 32.9 Å². The average Bonchev–Trinajstić information content (AvgIpc) is 2.66. The smallest absolute Gasteiger partial charge is 0.330 e. The van der Waals surface area contributed by atoms with Crippen molar-refractivity contribution >= 4 is 14.3 Å². The lowest BCUT2D eigenvalue weighted by Crippen LogP contribution is -2.43. The summed E-state index contributed by atoms with van der Waals surface area (Å²) in [6.07, 6.45) is 4.76. The molecule has 29 heavy (non-hydrogen) atoms. The molecule has 0 aliphatic heterocycles. The summed E-state index contributed by atoms with van der Waals surface area (Å²) in [6, 6.07) is 7.77. The predicted molar refractivity (Wildman–Crippen MR) is 120 cm³/mol. The first-order valence-corrected chi connectivity index (χ1v) is 13.1. The molecule has 0 N–H and O–H groups in total. The van der Waals surface area contributed by atoms with Gasteiger partial charge in [-0.05, 0) is 61.7 Å². The molecule has 0 fully saturated rings. The number of rotatable bonds is 11. The first-order chi connectivity index (χ1) is 13.5. The molecule has 0 bridgehead atoms. The van der Waals surface area contributed by atoms with Crippen molar-refractivity contribution in [3.8, 4) is 5.75 Å². The summed E-state index contributed by atoms with van der Waals surface area (Å²) in [7, 11) is 1.21. The highest BCUT2D eigenvalue weighted by Crippen LogP contribution is 2.37. The number of carbonyl (C=O) groups is 1. The summed E-state index contributed by atoms with van der Waals surface area (Å²) in [4.78, 5) is 11.5. The summed E-state index contributed by atoms with van der Waals surface area (Å²) in [5.74, 6) is 0.432. The number of methoxy groups -OCH3 is 2. The molecule has 1 rings (SSSR count). The van der Waals surface area contributed by atoms with Crippen LogP contribution in [-0.2, 0) is 25.3 Å². The van der Waals surface area contributed by atoms with E-state index in [9.17, 15) is 4.79 Å². The van der Waals surface area contributed by atoms with E-state index >= 15 is 0 Å². The van der Waals surface area contributed by atoms with Gasteiger partial charge in [-0.25, -0.2) is 4.79 Å². The Bertz CT molecular complexity index is 646. The Morgan fingerprint density at radius 2 is 1.72 bits per heavy atom. The van der Waals surface area contributed by atoms with Gasteiger partial charge in [-0.2, -0.15) is 0 Å². The van der Waals surface area contributed by atoms with Crippen molar-refractivity contribution in [2.45, 2.75) is 77.5 Å². The van der Waals surface area contributed by atoms with Gasteiger partial charge in [-0.3, -0.25) is 0 Å². The highest BCUT2D eigenvalue weighted by Gasteiger charge is 2.38. The number of carbonyl (C=O) groups excluding carboxylic acids is 1. The standard InChI is InChI=1S/C23H38O5Si/c1-18(28-29(7,8)23(2,3)4)9-12-21(15-16-22(24)26-6)27-17-19-10-13-20(25-5)14-11-19/h10-11,13-16,18,21H,9,12,17H2,1-8H3/b16-15+/t18-,21-/m1/s1.